The predicted octanol–water partition coefficient (Wildman–Crippen LogP) is 2.70. The normalized spacial score (nSPS) is 13.8. The Morgan fingerprint density at radius 1 is 1.16 bits per heavy atom. The molecular formula is C19H17N3O3. The number of nitrogens with zero attached hydrogens (tertiary/aromatic N) is 3. The van der Waals surface area contributed by atoms with Crippen LogP contribution in [-0.2, 0) is 16.0 Å². The predicted molar refractivity (Wildman–Crippen MR) is 91.2 cm³/mol. The van der Waals surface area contributed by atoms with E-state index < -0.39 is 0 Å². The summed E-state index contributed by atoms with van der Waals surface area (Å²) in [5.74, 6) is 0.610. The van der Waals surface area contributed by atoms with Crippen molar-refractivity contribution in [3.63, 3.8) is 0 Å². The van der Waals surface area contributed by atoms with Gasteiger partial charge in [-0.15, -0.1) is 0 Å². The van der Waals surface area contributed by atoms with Crippen LogP contribution in [0.2, 0.25) is 0 Å². The first-order valence-corrected chi connectivity index (χ1v) is 8.22. The maximum absolute atomic E-state index is 12.0. The molecule has 2 aromatic heterocycles. The van der Waals surface area contributed by atoms with Gasteiger partial charge in [0, 0.05) is 11.5 Å². The topological polar surface area (TPSA) is 73.6 Å². The average Bonchev–Trinajstić information content (AvgIpc) is 3.41. The molecule has 0 N–H and O–H groups in total. The zero-order valence-corrected chi connectivity index (χ0v) is 13.8. The first kappa shape index (κ1) is 15.5. The van der Waals surface area contributed by atoms with Crippen LogP contribution in [0.1, 0.15) is 29.0 Å². The summed E-state index contributed by atoms with van der Waals surface area (Å²) >= 11 is 0. The van der Waals surface area contributed by atoms with Gasteiger partial charge in [-0.2, -0.15) is 5.10 Å². The second-order valence-electron chi connectivity index (χ2n) is 6.20. The number of pyridine rings is 1. The second-order valence-corrected chi connectivity index (χ2v) is 6.20. The van der Waals surface area contributed by atoms with E-state index in [1.807, 2.05) is 30.3 Å². The fraction of sp³-hybridized carbons (Fsp3) is 0.263. The number of hydrogen-bond donors (Lipinski definition) is 0. The zero-order chi connectivity index (χ0) is 17.4. The fourth-order valence-electron chi connectivity index (χ4n) is 2.84. The van der Waals surface area contributed by atoms with E-state index in [-0.39, 0.29) is 24.1 Å². The number of aromatic nitrogens is 3. The number of methoxy groups -OCH3 is 1. The quantitative estimate of drug-likeness (QED) is 0.670. The highest BCUT2D eigenvalue weighted by Crippen LogP contribution is 2.30. The summed E-state index contributed by atoms with van der Waals surface area (Å²) in [6.45, 7) is 0. The summed E-state index contributed by atoms with van der Waals surface area (Å²) in [6.07, 6.45) is 2.26. The number of rotatable bonds is 5. The van der Waals surface area contributed by atoms with Gasteiger partial charge in [0.1, 0.15) is 5.78 Å². The SMILES string of the molecule is COC(=O)c1ccc(-c2cccc3nc(CC(=O)C4CC4)nn23)cc1. The van der Waals surface area contributed by atoms with E-state index in [0.717, 1.165) is 24.1 Å². The van der Waals surface area contributed by atoms with Crippen LogP contribution in [0.4, 0.5) is 0 Å². The smallest absolute Gasteiger partial charge is 0.337 e. The summed E-state index contributed by atoms with van der Waals surface area (Å²) in [5, 5.41) is 4.51. The molecule has 1 saturated carbocycles. The molecule has 4 rings (SSSR count). The molecule has 0 amide bonds. The van der Waals surface area contributed by atoms with Crippen LogP contribution in [0.5, 0.6) is 0 Å². The maximum Gasteiger partial charge on any atom is 0.337 e. The van der Waals surface area contributed by atoms with Crippen LogP contribution in [-0.4, -0.2) is 33.5 Å². The number of carbonyl (C=O) groups is 2. The molecule has 0 bridgehead atoms. The van der Waals surface area contributed by atoms with Gasteiger partial charge in [-0.1, -0.05) is 18.2 Å². The Morgan fingerprint density at radius 3 is 2.60 bits per heavy atom. The molecule has 25 heavy (non-hydrogen) atoms. The molecule has 3 aromatic rings. The highest BCUT2D eigenvalue weighted by molar-refractivity contribution is 5.90. The van der Waals surface area contributed by atoms with Crippen molar-refractivity contribution in [2.24, 2.45) is 5.92 Å². The zero-order valence-electron chi connectivity index (χ0n) is 13.8. The van der Waals surface area contributed by atoms with E-state index in [1.165, 1.54) is 7.11 Å². The van der Waals surface area contributed by atoms with Crippen molar-refractivity contribution >= 4 is 17.4 Å². The highest BCUT2D eigenvalue weighted by Gasteiger charge is 2.30. The maximum atomic E-state index is 12.0. The monoisotopic (exact) mass is 335 g/mol. The molecule has 2 heterocycles. The molecule has 1 fully saturated rings. The van der Waals surface area contributed by atoms with Gasteiger partial charge >= 0.3 is 5.97 Å². The molecule has 1 aliphatic carbocycles. The van der Waals surface area contributed by atoms with Crippen molar-refractivity contribution in [1.82, 2.24) is 14.6 Å². The fourth-order valence-corrected chi connectivity index (χ4v) is 2.84. The van der Waals surface area contributed by atoms with Crippen molar-refractivity contribution < 1.29 is 14.3 Å². The molecule has 1 aromatic carbocycles. The summed E-state index contributed by atoms with van der Waals surface area (Å²) in [6, 6.07) is 12.8. The minimum absolute atomic E-state index is 0.206. The third-order valence-electron chi connectivity index (χ3n) is 4.37. The number of Topliss-reactive ketones (excluding diaryl/α,β-unsaturated/α-hetero) is 1. The highest BCUT2D eigenvalue weighted by atomic mass is 16.5. The van der Waals surface area contributed by atoms with Crippen molar-refractivity contribution in [2.45, 2.75) is 19.3 Å². The molecule has 0 radical (unpaired) electrons. The molecule has 0 aliphatic heterocycles. The first-order chi connectivity index (χ1) is 12.2. The standard InChI is InChI=1S/C19H17N3O3/c1-25-19(24)14-9-5-12(6-10-14)15-3-2-4-18-20-17(21-22(15)18)11-16(23)13-7-8-13/h2-6,9-10,13H,7-8,11H2,1H3. The van der Waals surface area contributed by atoms with Gasteiger partial charge in [0.2, 0.25) is 0 Å². The molecule has 6 nitrogen and oxygen atoms in total. The Balaban J connectivity index is 1.68. The molecule has 1 aliphatic rings. The van der Waals surface area contributed by atoms with Gasteiger partial charge in [-0.25, -0.2) is 14.3 Å². The number of hydrogen-bond acceptors (Lipinski definition) is 5. The summed E-state index contributed by atoms with van der Waals surface area (Å²) in [7, 11) is 1.36. The number of ketones is 1. The molecule has 0 atom stereocenters. The van der Waals surface area contributed by atoms with E-state index in [0.29, 0.717) is 17.0 Å². The van der Waals surface area contributed by atoms with E-state index in [2.05, 4.69) is 10.1 Å². The second kappa shape index (κ2) is 6.12. The number of ether oxygens (including phenoxy) is 1. The lowest BCUT2D eigenvalue weighted by Crippen LogP contribution is -2.06. The Bertz CT molecular complexity index is 956. The summed E-state index contributed by atoms with van der Waals surface area (Å²) in [4.78, 5) is 28.0. The Hall–Kier alpha value is -3.02. The third-order valence-corrected chi connectivity index (χ3v) is 4.37. The van der Waals surface area contributed by atoms with E-state index in [1.54, 1.807) is 16.6 Å². The minimum atomic E-state index is -0.369. The van der Waals surface area contributed by atoms with E-state index >= 15 is 0 Å². The molecule has 0 unspecified atom stereocenters. The van der Waals surface area contributed by atoms with Gasteiger partial charge in [-0.05, 0) is 37.1 Å². The van der Waals surface area contributed by atoms with E-state index in [9.17, 15) is 9.59 Å². The van der Waals surface area contributed by atoms with Gasteiger partial charge in [0.15, 0.2) is 11.5 Å². The number of carbonyl (C=O) groups excluding carboxylic acids is 2. The molecule has 0 saturated heterocycles. The Kier molecular flexibility index (Phi) is 3.80. The Labute approximate surface area is 144 Å². The van der Waals surface area contributed by atoms with Gasteiger partial charge in [0.25, 0.3) is 0 Å². The van der Waals surface area contributed by atoms with Crippen LogP contribution in [0.25, 0.3) is 16.9 Å². The summed E-state index contributed by atoms with van der Waals surface area (Å²) in [5.41, 5.74) is 2.95. The van der Waals surface area contributed by atoms with Crippen molar-refractivity contribution in [1.29, 1.82) is 0 Å². The van der Waals surface area contributed by atoms with E-state index in [4.69, 9.17) is 4.74 Å². The lowest BCUT2D eigenvalue weighted by molar-refractivity contribution is -0.119. The van der Waals surface area contributed by atoms with Crippen LogP contribution in [0, 0.1) is 5.92 Å². The van der Waals surface area contributed by atoms with Crippen LogP contribution >= 0.6 is 0 Å². The number of esters is 1. The van der Waals surface area contributed by atoms with Crippen LogP contribution in [0.3, 0.4) is 0 Å². The van der Waals surface area contributed by atoms with Crippen molar-refractivity contribution in [3.8, 4) is 11.3 Å². The lowest BCUT2D eigenvalue weighted by atomic mass is 10.1. The molecular weight excluding hydrogens is 318 g/mol. The average molecular weight is 335 g/mol. The van der Waals surface area contributed by atoms with Gasteiger partial charge in [-0.3, -0.25) is 4.79 Å². The number of benzene rings is 1. The van der Waals surface area contributed by atoms with Crippen LogP contribution < -0.4 is 0 Å². The molecule has 6 heteroatoms. The molecule has 0 spiro atoms. The minimum Gasteiger partial charge on any atom is -0.465 e. The van der Waals surface area contributed by atoms with Crippen molar-refractivity contribution in [3.05, 3.63) is 53.9 Å². The van der Waals surface area contributed by atoms with Gasteiger partial charge < -0.3 is 4.74 Å². The van der Waals surface area contributed by atoms with Crippen molar-refractivity contribution in [2.75, 3.05) is 7.11 Å². The number of fused-ring (bicyclic) bond motifs is 1. The lowest BCUT2D eigenvalue weighted by Gasteiger charge is -2.05. The first-order valence-electron chi connectivity index (χ1n) is 8.22. The van der Waals surface area contributed by atoms with Crippen LogP contribution in [0.15, 0.2) is 42.5 Å². The third kappa shape index (κ3) is 3.03. The largest absolute Gasteiger partial charge is 0.465 e. The summed E-state index contributed by atoms with van der Waals surface area (Å²) < 4.78 is 6.46. The Morgan fingerprint density at radius 2 is 1.92 bits per heavy atom. The molecule has 126 valence electrons. The van der Waals surface area contributed by atoms with Gasteiger partial charge in [0.05, 0.1) is 24.8 Å².